The lowest BCUT2D eigenvalue weighted by molar-refractivity contribution is 0.201. The van der Waals surface area contributed by atoms with Gasteiger partial charge in [0.1, 0.15) is 12.4 Å². The van der Waals surface area contributed by atoms with Gasteiger partial charge in [-0.3, -0.25) is 0 Å². The van der Waals surface area contributed by atoms with E-state index in [1.54, 1.807) is 0 Å². The highest BCUT2D eigenvalue weighted by atomic mass is 16.5. The van der Waals surface area contributed by atoms with Crippen LogP contribution in [0.2, 0.25) is 0 Å². The first-order valence-corrected chi connectivity index (χ1v) is 6.41. The van der Waals surface area contributed by atoms with Crippen molar-refractivity contribution in [1.82, 2.24) is 0 Å². The van der Waals surface area contributed by atoms with Crippen molar-refractivity contribution in [2.24, 2.45) is 0 Å². The first kappa shape index (κ1) is 13.4. The lowest BCUT2D eigenvalue weighted by Crippen LogP contribution is -2.02. The van der Waals surface area contributed by atoms with Crippen LogP contribution in [-0.2, 0) is 6.54 Å². The molecule has 0 fully saturated rings. The molecule has 0 spiro atoms. The van der Waals surface area contributed by atoms with Crippen molar-refractivity contribution in [3.05, 3.63) is 59.7 Å². The normalized spacial score (nSPS) is 10.2. The van der Waals surface area contributed by atoms with Crippen molar-refractivity contribution >= 4 is 5.69 Å². The van der Waals surface area contributed by atoms with Gasteiger partial charge in [-0.1, -0.05) is 29.8 Å². The van der Waals surface area contributed by atoms with Crippen LogP contribution in [0.5, 0.6) is 5.75 Å². The minimum absolute atomic E-state index is 0.0351. The molecule has 0 unspecified atom stereocenters. The molecule has 100 valence electrons. The summed E-state index contributed by atoms with van der Waals surface area (Å²) in [6.45, 7) is 3.25. The second-order valence-electron chi connectivity index (χ2n) is 4.44. The van der Waals surface area contributed by atoms with Crippen LogP contribution in [0.1, 0.15) is 11.1 Å². The lowest BCUT2D eigenvalue weighted by Gasteiger charge is -2.08. The summed E-state index contributed by atoms with van der Waals surface area (Å²) in [6, 6.07) is 16.2. The second-order valence-corrected chi connectivity index (χ2v) is 4.44. The van der Waals surface area contributed by atoms with Crippen LogP contribution in [-0.4, -0.2) is 18.3 Å². The molecule has 2 rings (SSSR count). The fourth-order valence-corrected chi connectivity index (χ4v) is 1.74. The van der Waals surface area contributed by atoms with Crippen LogP contribution in [0, 0.1) is 6.92 Å². The average molecular weight is 257 g/mol. The van der Waals surface area contributed by atoms with E-state index in [1.165, 1.54) is 11.1 Å². The molecule has 0 heterocycles. The smallest absolute Gasteiger partial charge is 0.119 e. The summed E-state index contributed by atoms with van der Waals surface area (Å²) in [5.41, 5.74) is 3.58. The zero-order chi connectivity index (χ0) is 13.5. The molecule has 2 aromatic carbocycles. The molecule has 0 aliphatic heterocycles. The van der Waals surface area contributed by atoms with Gasteiger partial charge in [0.05, 0.1) is 6.61 Å². The highest BCUT2D eigenvalue weighted by Crippen LogP contribution is 2.16. The van der Waals surface area contributed by atoms with E-state index in [9.17, 15) is 0 Å². The maximum absolute atomic E-state index is 8.67. The molecule has 0 amide bonds. The molecule has 0 saturated carbocycles. The van der Waals surface area contributed by atoms with Gasteiger partial charge in [0.25, 0.3) is 0 Å². The molecule has 2 aromatic rings. The fraction of sp³-hybridized carbons (Fsp3) is 0.250. The molecule has 0 bridgehead atoms. The Kier molecular flexibility index (Phi) is 4.81. The third-order valence-corrected chi connectivity index (χ3v) is 2.83. The molecule has 3 nitrogen and oxygen atoms in total. The Bertz CT molecular complexity index is 491. The number of nitrogens with one attached hydrogen (secondary N) is 1. The third kappa shape index (κ3) is 4.30. The summed E-state index contributed by atoms with van der Waals surface area (Å²) in [5.74, 6) is 0.773. The summed E-state index contributed by atoms with van der Waals surface area (Å²) < 4.78 is 5.31. The maximum atomic E-state index is 8.67. The first-order valence-electron chi connectivity index (χ1n) is 6.41. The average Bonchev–Trinajstić information content (AvgIpc) is 2.46. The molecule has 0 radical (unpaired) electrons. The molecule has 0 aromatic heterocycles. The SMILES string of the molecule is Cc1ccc(CNc2ccc(OCCO)cc2)cc1. The van der Waals surface area contributed by atoms with Gasteiger partial charge in [0.15, 0.2) is 0 Å². The number of ether oxygens (including phenoxy) is 1. The maximum Gasteiger partial charge on any atom is 0.119 e. The van der Waals surface area contributed by atoms with Gasteiger partial charge >= 0.3 is 0 Å². The minimum Gasteiger partial charge on any atom is -0.491 e. The molecule has 0 aliphatic carbocycles. The van der Waals surface area contributed by atoms with Crippen LogP contribution in [0.4, 0.5) is 5.69 Å². The van der Waals surface area contributed by atoms with Crippen LogP contribution in [0.25, 0.3) is 0 Å². The monoisotopic (exact) mass is 257 g/mol. The van der Waals surface area contributed by atoms with Gasteiger partial charge in [-0.05, 0) is 36.8 Å². The van der Waals surface area contributed by atoms with Crippen LogP contribution in [0.15, 0.2) is 48.5 Å². The topological polar surface area (TPSA) is 41.5 Å². The predicted molar refractivity (Wildman–Crippen MR) is 77.5 cm³/mol. The van der Waals surface area contributed by atoms with Crippen molar-refractivity contribution in [2.45, 2.75) is 13.5 Å². The van der Waals surface area contributed by atoms with E-state index in [0.717, 1.165) is 18.0 Å². The summed E-state index contributed by atoms with van der Waals surface area (Å²) in [7, 11) is 0. The zero-order valence-electron chi connectivity index (χ0n) is 11.1. The van der Waals surface area contributed by atoms with E-state index < -0.39 is 0 Å². The molecular weight excluding hydrogens is 238 g/mol. The standard InChI is InChI=1S/C16H19NO2/c1-13-2-4-14(5-3-13)12-17-15-6-8-16(9-7-15)19-11-10-18/h2-9,17-18H,10-12H2,1H3. The van der Waals surface area contributed by atoms with Crippen molar-refractivity contribution in [2.75, 3.05) is 18.5 Å². The number of aliphatic hydroxyl groups is 1. The largest absolute Gasteiger partial charge is 0.491 e. The summed E-state index contributed by atoms with van der Waals surface area (Å²) in [6.07, 6.45) is 0. The fourth-order valence-electron chi connectivity index (χ4n) is 1.74. The number of hydrogen-bond donors (Lipinski definition) is 2. The predicted octanol–water partition coefficient (Wildman–Crippen LogP) is 2.98. The Hall–Kier alpha value is -2.00. The number of benzene rings is 2. The van der Waals surface area contributed by atoms with Crippen molar-refractivity contribution < 1.29 is 9.84 Å². The van der Waals surface area contributed by atoms with Gasteiger partial charge < -0.3 is 15.2 Å². The molecule has 0 atom stereocenters. The number of anilines is 1. The zero-order valence-corrected chi connectivity index (χ0v) is 11.1. The van der Waals surface area contributed by atoms with Gasteiger partial charge in [0.2, 0.25) is 0 Å². The molecule has 19 heavy (non-hydrogen) atoms. The number of rotatable bonds is 6. The molecule has 0 saturated heterocycles. The highest BCUT2D eigenvalue weighted by Gasteiger charge is 1.96. The quantitative estimate of drug-likeness (QED) is 0.836. The Labute approximate surface area is 113 Å². The molecule has 3 heteroatoms. The van der Waals surface area contributed by atoms with Crippen LogP contribution in [0.3, 0.4) is 0 Å². The van der Waals surface area contributed by atoms with E-state index in [4.69, 9.17) is 9.84 Å². The Balaban J connectivity index is 1.87. The van der Waals surface area contributed by atoms with E-state index in [2.05, 4.69) is 36.5 Å². The van der Waals surface area contributed by atoms with Crippen molar-refractivity contribution in [3.63, 3.8) is 0 Å². The van der Waals surface area contributed by atoms with Gasteiger partial charge in [-0.25, -0.2) is 0 Å². The lowest BCUT2D eigenvalue weighted by atomic mass is 10.1. The van der Waals surface area contributed by atoms with Crippen molar-refractivity contribution in [1.29, 1.82) is 0 Å². The Morgan fingerprint density at radius 1 is 1.00 bits per heavy atom. The van der Waals surface area contributed by atoms with Crippen LogP contribution < -0.4 is 10.1 Å². The first-order chi connectivity index (χ1) is 9.28. The summed E-state index contributed by atoms with van der Waals surface area (Å²) in [4.78, 5) is 0. The number of hydrogen-bond acceptors (Lipinski definition) is 3. The van der Waals surface area contributed by atoms with Crippen LogP contribution >= 0.6 is 0 Å². The second kappa shape index (κ2) is 6.81. The molecular formula is C16H19NO2. The van der Waals surface area contributed by atoms with E-state index in [0.29, 0.717) is 6.61 Å². The van der Waals surface area contributed by atoms with Gasteiger partial charge in [0, 0.05) is 12.2 Å². The summed E-state index contributed by atoms with van der Waals surface area (Å²) >= 11 is 0. The Morgan fingerprint density at radius 3 is 2.32 bits per heavy atom. The van der Waals surface area contributed by atoms with E-state index in [1.807, 2.05) is 24.3 Å². The highest BCUT2D eigenvalue weighted by molar-refractivity contribution is 5.46. The Morgan fingerprint density at radius 2 is 1.68 bits per heavy atom. The number of aryl methyl sites for hydroxylation is 1. The van der Waals surface area contributed by atoms with E-state index in [-0.39, 0.29) is 6.61 Å². The number of aliphatic hydroxyl groups excluding tert-OH is 1. The van der Waals surface area contributed by atoms with Gasteiger partial charge in [-0.15, -0.1) is 0 Å². The van der Waals surface area contributed by atoms with E-state index >= 15 is 0 Å². The molecule has 2 N–H and O–H groups in total. The van der Waals surface area contributed by atoms with Crippen molar-refractivity contribution in [3.8, 4) is 5.75 Å². The third-order valence-electron chi connectivity index (χ3n) is 2.83. The minimum atomic E-state index is 0.0351. The van der Waals surface area contributed by atoms with Gasteiger partial charge in [-0.2, -0.15) is 0 Å². The summed E-state index contributed by atoms with van der Waals surface area (Å²) in [5, 5.41) is 12.0. The molecule has 0 aliphatic rings.